The molecule has 1 aromatic heterocycles. The highest BCUT2D eigenvalue weighted by molar-refractivity contribution is 5.90. The summed E-state index contributed by atoms with van der Waals surface area (Å²) in [7, 11) is 0. The maximum atomic E-state index is 16.1. The van der Waals surface area contributed by atoms with Crippen LogP contribution in [-0.4, -0.2) is 20.6 Å². The number of nitrogens with zero attached hydrogens (tertiary/aromatic N) is 3. The Morgan fingerprint density at radius 1 is 0.977 bits per heavy atom. The number of anilines is 1. The molecular weight excluding hydrogens is 568 g/mol. The Labute approximate surface area is 255 Å². The molecule has 0 bridgehead atoms. The van der Waals surface area contributed by atoms with E-state index in [4.69, 9.17) is 5.10 Å². The van der Waals surface area contributed by atoms with Crippen molar-refractivity contribution in [3.05, 3.63) is 99.0 Å². The van der Waals surface area contributed by atoms with Gasteiger partial charge in [-0.15, -0.1) is 0 Å². The molecule has 1 N–H and O–H groups in total. The minimum atomic E-state index is -4.41. The molecular formula is C35H38F4N4O. The van der Waals surface area contributed by atoms with Crippen LogP contribution in [0.4, 0.5) is 23.2 Å². The topological polar surface area (TPSA) is 50.2 Å². The molecule has 4 aromatic rings. The Bertz CT molecular complexity index is 1730. The smallest absolute Gasteiger partial charge is 0.326 e. The fourth-order valence-corrected chi connectivity index (χ4v) is 6.25. The Hall–Kier alpha value is -3.98. The average Bonchev–Trinajstić information content (AvgIpc) is 3.43. The summed E-state index contributed by atoms with van der Waals surface area (Å²) >= 11 is 0. The van der Waals surface area contributed by atoms with Gasteiger partial charge in [0.15, 0.2) is 0 Å². The second kappa shape index (κ2) is 11.5. The van der Waals surface area contributed by atoms with Gasteiger partial charge in [-0.05, 0) is 92.6 Å². The zero-order valence-corrected chi connectivity index (χ0v) is 26.2. The Balaban J connectivity index is 1.69. The van der Waals surface area contributed by atoms with Crippen LogP contribution in [0.15, 0.2) is 48.5 Å². The Kier molecular flexibility index (Phi) is 8.22. The summed E-state index contributed by atoms with van der Waals surface area (Å²) in [6.45, 7) is 14.0. The molecule has 0 fully saturated rings. The van der Waals surface area contributed by atoms with E-state index in [1.54, 1.807) is 19.1 Å². The van der Waals surface area contributed by atoms with Gasteiger partial charge in [-0.25, -0.2) is 9.07 Å². The summed E-state index contributed by atoms with van der Waals surface area (Å²) in [6, 6.07) is 13.1. The number of halogens is 4. The number of fused-ring (bicyclic) bond motifs is 1. The maximum absolute atomic E-state index is 16.1. The van der Waals surface area contributed by atoms with Crippen molar-refractivity contribution in [1.29, 1.82) is 0 Å². The van der Waals surface area contributed by atoms with Gasteiger partial charge >= 0.3 is 6.18 Å². The van der Waals surface area contributed by atoms with Gasteiger partial charge in [0.05, 0.1) is 28.2 Å². The fraction of sp³-hybridized carbons (Fsp3) is 0.371. The van der Waals surface area contributed by atoms with Crippen LogP contribution in [0.3, 0.4) is 0 Å². The molecule has 0 unspecified atom stereocenters. The van der Waals surface area contributed by atoms with Gasteiger partial charge in [0.2, 0.25) is 5.91 Å². The SMILES string of the molecule is CCc1cccc(CC)c1-n1nc2c(c1-c1cc(C)c(NC(C)=O)cc1F)CN(Cc1ccc(C(F)(F)F)cc1C)C2(C)C. The Morgan fingerprint density at radius 2 is 1.64 bits per heavy atom. The van der Waals surface area contributed by atoms with E-state index in [9.17, 15) is 18.0 Å². The van der Waals surface area contributed by atoms with Crippen LogP contribution in [0.25, 0.3) is 16.9 Å². The second-order valence-electron chi connectivity index (χ2n) is 12.1. The summed E-state index contributed by atoms with van der Waals surface area (Å²) in [5, 5.41) is 7.91. The standard InChI is InChI=1S/C35H38F4N4O/c1-8-23-11-10-12-24(9-2)31(23)43-32(27-16-21(4)30(17-29(27)36)40-22(5)44)28-19-42(34(6,7)33(28)41-43)18-25-13-14-26(15-20(25)3)35(37,38)39/h10-17H,8-9,18-19H2,1-7H3,(H,40,44). The highest BCUT2D eigenvalue weighted by Gasteiger charge is 2.43. The lowest BCUT2D eigenvalue weighted by Crippen LogP contribution is -2.36. The predicted molar refractivity (Wildman–Crippen MR) is 165 cm³/mol. The summed E-state index contributed by atoms with van der Waals surface area (Å²) in [4.78, 5) is 13.9. The van der Waals surface area contributed by atoms with Gasteiger partial charge < -0.3 is 5.32 Å². The number of amides is 1. The van der Waals surface area contributed by atoms with Crippen molar-refractivity contribution < 1.29 is 22.4 Å². The molecule has 232 valence electrons. The number of carbonyl (C=O) groups is 1. The maximum Gasteiger partial charge on any atom is 0.416 e. The molecule has 5 rings (SSSR count). The third-order valence-corrected chi connectivity index (χ3v) is 8.79. The van der Waals surface area contributed by atoms with Gasteiger partial charge in [-0.3, -0.25) is 9.69 Å². The van der Waals surface area contributed by atoms with Crippen LogP contribution in [0.5, 0.6) is 0 Å². The summed E-state index contributed by atoms with van der Waals surface area (Å²) < 4.78 is 58.0. The lowest BCUT2D eigenvalue weighted by Gasteiger charge is -2.32. The van der Waals surface area contributed by atoms with Crippen LogP contribution < -0.4 is 5.32 Å². The van der Waals surface area contributed by atoms with Gasteiger partial charge in [0, 0.05) is 36.8 Å². The number of hydrogen-bond donors (Lipinski definition) is 1. The van der Waals surface area contributed by atoms with E-state index in [0.29, 0.717) is 41.2 Å². The largest absolute Gasteiger partial charge is 0.416 e. The number of hydrogen-bond acceptors (Lipinski definition) is 3. The zero-order valence-electron chi connectivity index (χ0n) is 26.2. The molecule has 1 aliphatic rings. The first-order valence-corrected chi connectivity index (χ1v) is 14.9. The molecule has 1 aliphatic heterocycles. The van der Waals surface area contributed by atoms with E-state index < -0.39 is 23.1 Å². The van der Waals surface area contributed by atoms with Crippen LogP contribution in [0.1, 0.15) is 79.3 Å². The minimum Gasteiger partial charge on any atom is -0.326 e. The second-order valence-corrected chi connectivity index (χ2v) is 12.1. The van der Waals surface area contributed by atoms with Gasteiger partial charge in [0.25, 0.3) is 0 Å². The van der Waals surface area contributed by atoms with E-state index in [1.807, 2.05) is 31.5 Å². The van der Waals surface area contributed by atoms with E-state index in [2.05, 4.69) is 36.2 Å². The van der Waals surface area contributed by atoms with Gasteiger partial charge in [0.1, 0.15) is 5.82 Å². The quantitative estimate of drug-likeness (QED) is 0.214. The molecule has 2 heterocycles. The lowest BCUT2D eigenvalue weighted by molar-refractivity contribution is -0.137. The predicted octanol–water partition coefficient (Wildman–Crippen LogP) is 8.65. The highest BCUT2D eigenvalue weighted by atomic mass is 19.4. The number of carbonyl (C=O) groups excluding carboxylic acids is 1. The van der Waals surface area contributed by atoms with Gasteiger partial charge in [-0.2, -0.15) is 18.3 Å². The number of para-hydroxylation sites is 1. The average molecular weight is 607 g/mol. The van der Waals surface area contributed by atoms with Crippen molar-refractivity contribution in [3.63, 3.8) is 0 Å². The molecule has 9 heteroatoms. The summed E-state index contributed by atoms with van der Waals surface area (Å²) in [6.07, 6.45) is -2.88. The van der Waals surface area contributed by atoms with Gasteiger partial charge in [-0.1, -0.05) is 38.1 Å². The zero-order chi connectivity index (χ0) is 32.1. The molecule has 5 nitrogen and oxygen atoms in total. The van der Waals surface area contributed by atoms with Crippen molar-refractivity contribution in [3.8, 4) is 16.9 Å². The van der Waals surface area contributed by atoms with E-state index in [-0.39, 0.29) is 5.91 Å². The number of rotatable bonds is 7. The van der Waals surface area contributed by atoms with Crippen molar-refractivity contribution in [2.75, 3.05) is 5.32 Å². The highest BCUT2D eigenvalue weighted by Crippen LogP contribution is 2.46. The number of benzene rings is 3. The summed E-state index contributed by atoms with van der Waals surface area (Å²) in [5.41, 5.74) is 7.01. The first-order chi connectivity index (χ1) is 20.7. The molecule has 0 radical (unpaired) electrons. The molecule has 0 aliphatic carbocycles. The minimum absolute atomic E-state index is 0.286. The van der Waals surface area contributed by atoms with E-state index in [1.165, 1.54) is 19.1 Å². The van der Waals surface area contributed by atoms with E-state index in [0.717, 1.165) is 52.5 Å². The fourth-order valence-electron chi connectivity index (χ4n) is 6.25. The molecule has 0 saturated carbocycles. The molecule has 3 aromatic carbocycles. The summed E-state index contributed by atoms with van der Waals surface area (Å²) in [5.74, 6) is -0.767. The van der Waals surface area contributed by atoms with Crippen molar-refractivity contribution in [2.45, 2.75) is 86.1 Å². The van der Waals surface area contributed by atoms with Crippen LogP contribution in [-0.2, 0) is 42.4 Å². The van der Waals surface area contributed by atoms with Crippen molar-refractivity contribution >= 4 is 11.6 Å². The monoisotopic (exact) mass is 606 g/mol. The van der Waals surface area contributed by atoms with E-state index >= 15 is 4.39 Å². The normalized spacial score (nSPS) is 14.6. The lowest BCUT2D eigenvalue weighted by atomic mass is 9.96. The number of aryl methyl sites for hydroxylation is 4. The molecule has 1 amide bonds. The van der Waals surface area contributed by atoms with Crippen LogP contribution in [0, 0.1) is 19.7 Å². The molecule has 0 atom stereocenters. The van der Waals surface area contributed by atoms with Crippen LogP contribution in [0.2, 0.25) is 0 Å². The third-order valence-electron chi connectivity index (χ3n) is 8.79. The van der Waals surface area contributed by atoms with Crippen molar-refractivity contribution in [1.82, 2.24) is 14.7 Å². The number of alkyl halides is 3. The number of aromatic nitrogens is 2. The van der Waals surface area contributed by atoms with Crippen LogP contribution >= 0.6 is 0 Å². The van der Waals surface area contributed by atoms with Crippen molar-refractivity contribution in [2.24, 2.45) is 0 Å². The number of nitrogens with one attached hydrogen (secondary N) is 1. The first-order valence-electron chi connectivity index (χ1n) is 14.9. The third kappa shape index (κ3) is 5.54. The molecule has 44 heavy (non-hydrogen) atoms. The molecule has 0 saturated heterocycles. The Morgan fingerprint density at radius 3 is 2.20 bits per heavy atom. The first kappa shape index (κ1) is 31.4. The molecule has 0 spiro atoms.